The molecule has 1 aliphatic rings. The largest absolute Gasteiger partial charge is 0.396 e. The van der Waals surface area contributed by atoms with Gasteiger partial charge in [0, 0.05) is 26.3 Å². The molecule has 0 radical (unpaired) electrons. The molecule has 1 saturated heterocycles. The van der Waals surface area contributed by atoms with Crippen molar-refractivity contribution in [3.63, 3.8) is 0 Å². The fraction of sp³-hybridized carbons (Fsp3) is 0.900. The second-order valence-electron chi connectivity index (χ2n) is 3.64. The van der Waals surface area contributed by atoms with E-state index in [2.05, 4.69) is 0 Å². The lowest BCUT2D eigenvalue weighted by molar-refractivity contribution is -0.135. The van der Waals surface area contributed by atoms with Crippen molar-refractivity contribution in [1.29, 1.82) is 0 Å². The fourth-order valence-corrected chi connectivity index (χ4v) is 1.76. The molecular weight excluding hydrogens is 182 g/mol. The Morgan fingerprint density at radius 3 is 3.07 bits per heavy atom. The van der Waals surface area contributed by atoms with Crippen LogP contribution in [0.2, 0.25) is 0 Å². The van der Waals surface area contributed by atoms with Crippen LogP contribution in [-0.4, -0.2) is 48.8 Å². The van der Waals surface area contributed by atoms with E-state index in [1.165, 1.54) is 0 Å². The number of carbonyl (C=O) groups excluding carboxylic acids is 1. The van der Waals surface area contributed by atoms with Crippen molar-refractivity contribution in [2.75, 3.05) is 32.9 Å². The Morgan fingerprint density at radius 2 is 2.43 bits per heavy atom. The molecule has 14 heavy (non-hydrogen) atoms. The number of aliphatic hydroxyl groups is 1. The molecular formula is C10H19NO3. The highest BCUT2D eigenvalue weighted by Crippen LogP contribution is 2.18. The van der Waals surface area contributed by atoms with E-state index >= 15 is 0 Å². The summed E-state index contributed by atoms with van der Waals surface area (Å²) >= 11 is 0. The monoisotopic (exact) mass is 201 g/mol. The van der Waals surface area contributed by atoms with Crippen LogP contribution in [-0.2, 0) is 9.53 Å². The normalized spacial score (nSPS) is 21.6. The van der Waals surface area contributed by atoms with Crippen LogP contribution in [0.4, 0.5) is 0 Å². The van der Waals surface area contributed by atoms with Crippen molar-refractivity contribution in [3.05, 3.63) is 0 Å². The summed E-state index contributed by atoms with van der Waals surface area (Å²) in [5, 5.41) is 8.76. The summed E-state index contributed by atoms with van der Waals surface area (Å²) in [6.07, 6.45) is 1.82. The highest BCUT2D eigenvalue weighted by Gasteiger charge is 2.25. The number of ether oxygens (including phenoxy) is 1. The van der Waals surface area contributed by atoms with Crippen molar-refractivity contribution < 1.29 is 14.6 Å². The molecule has 0 aromatic carbocycles. The Kier molecular flexibility index (Phi) is 4.90. The molecule has 0 aromatic rings. The molecule has 0 aliphatic carbocycles. The van der Waals surface area contributed by atoms with Crippen LogP contribution in [0.3, 0.4) is 0 Å². The first-order valence-electron chi connectivity index (χ1n) is 5.24. The summed E-state index contributed by atoms with van der Waals surface area (Å²) in [5.74, 6) is 0.554. The average Bonchev–Trinajstić information content (AvgIpc) is 2.63. The minimum atomic E-state index is 0.0762. The van der Waals surface area contributed by atoms with Crippen molar-refractivity contribution >= 4 is 5.91 Å². The number of hydrogen-bond acceptors (Lipinski definition) is 3. The highest BCUT2D eigenvalue weighted by atomic mass is 16.5. The van der Waals surface area contributed by atoms with E-state index < -0.39 is 0 Å². The number of carbonyl (C=O) groups is 1. The van der Waals surface area contributed by atoms with Crippen molar-refractivity contribution in [3.8, 4) is 0 Å². The molecule has 0 spiro atoms. The van der Waals surface area contributed by atoms with Crippen LogP contribution in [0.25, 0.3) is 0 Å². The van der Waals surface area contributed by atoms with Crippen LogP contribution >= 0.6 is 0 Å². The predicted molar refractivity (Wildman–Crippen MR) is 52.9 cm³/mol. The number of rotatable bonds is 5. The lowest BCUT2D eigenvalue weighted by atomic mass is 10.1. The van der Waals surface area contributed by atoms with Gasteiger partial charge in [-0.15, -0.1) is 0 Å². The molecule has 4 nitrogen and oxygen atoms in total. The lowest BCUT2D eigenvalue weighted by Crippen LogP contribution is -2.32. The quantitative estimate of drug-likeness (QED) is 0.694. The van der Waals surface area contributed by atoms with Gasteiger partial charge in [-0.3, -0.25) is 4.79 Å². The second-order valence-corrected chi connectivity index (χ2v) is 3.64. The molecule has 1 N–H and O–H groups in total. The van der Waals surface area contributed by atoms with E-state index in [1.807, 2.05) is 11.8 Å². The number of amides is 1. The molecule has 4 heteroatoms. The fourth-order valence-electron chi connectivity index (χ4n) is 1.76. The van der Waals surface area contributed by atoms with Crippen LogP contribution in [0, 0.1) is 5.92 Å². The van der Waals surface area contributed by atoms with Crippen molar-refractivity contribution in [2.45, 2.75) is 19.8 Å². The third-order valence-corrected chi connectivity index (χ3v) is 2.61. The van der Waals surface area contributed by atoms with Gasteiger partial charge >= 0.3 is 0 Å². The van der Waals surface area contributed by atoms with E-state index in [9.17, 15) is 4.79 Å². The molecule has 1 aliphatic heterocycles. The lowest BCUT2D eigenvalue weighted by Gasteiger charge is -2.15. The van der Waals surface area contributed by atoms with Gasteiger partial charge < -0.3 is 14.7 Å². The maximum absolute atomic E-state index is 11.5. The summed E-state index contributed by atoms with van der Waals surface area (Å²) in [7, 11) is 0. The SMILES string of the molecule is CCOCC(=O)N1CCC(CCO)C1. The third-order valence-electron chi connectivity index (χ3n) is 2.61. The Morgan fingerprint density at radius 1 is 1.64 bits per heavy atom. The standard InChI is InChI=1S/C10H19NO3/c1-2-14-8-10(13)11-5-3-9(7-11)4-6-12/h9,12H,2-8H2,1H3. The van der Waals surface area contributed by atoms with Gasteiger partial charge in [0.25, 0.3) is 0 Å². The first-order chi connectivity index (χ1) is 6.77. The highest BCUT2D eigenvalue weighted by molar-refractivity contribution is 5.77. The zero-order valence-corrected chi connectivity index (χ0v) is 8.74. The van der Waals surface area contributed by atoms with Crippen LogP contribution < -0.4 is 0 Å². The van der Waals surface area contributed by atoms with Crippen molar-refractivity contribution in [2.24, 2.45) is 5.92 Å². The number of nitrogens with zero attached hydrogens (tertiary/aromatic N) is 1. The Balaban J connectivity index is 2.23. The minimum absolute atomic E-state index is 0.0762. The van der Waals surface area contributed by atoms with E-state index in [0.29, 0.717) is 12.5 Å². The Labute approximate surface area is 84.8 Å². The summed E-state index contributed by atoms with van der Waals surface area (Å²) in [4.78, 5) is 13.3. The van der Waals surface area contributed by atoms with Gasteiger partial charge in [-0.25, -0.2) is 0 Å². The maximum atomic E-state index is 11.5. The van der Waals surface area contributed by atoms with Crippen molar-refractivity contribution in [1.82, 2.24) is 4.90 Å². The number of aliphatic hydroxyl groups excluding tert-OH is 1. The zero-order valence-electron chi connectivity index (χ0n) is 8.74. The number of hydrogen-bond donors (Lipinski definition) is 1. The molecule has 1 unspecified atom stereocenters. The second kappa shape index (κ2) is 5.98. The van der Waals surface area contributed by atoms with E-state index in [1.54, 1.807) is 0 Å². The molecule has 0 aromatic heterocycles. The predicted octanol–water partition coefficient (Wildman–Crippen LogP) is 0.254. The molecule has 82 valence electrons. The van der Waals surface area contributed by atoms with Gasteiger partial charge in [0.2, 0.25) is 5.91 Å². The molecule has 1 heterocycles. The maximum Gasteiger partial charge on any atom is 0.248 e. The summed E-state index contributed by atoms with van der Waals surface area (Å²) < 4.78 is 5.06. The summed E-state index contributed by atoms with van der Waals surface area (Å²) in [5.41, 5.74) is 0. The molecule has 0 saturated carbocycles. The average molecular weight is 201 g/mol. The smallest absolute Gasteiger partial charge is 0.248 e. The summed E-state index contributed by atoms with van der Waals surface area (Å²) in [6, 6.07) is 0. The molecule has 1 fully saturated rings. The first-order valence-corrected chi connectivity index (χ1v) is 5.24. The van der Waals surface area contributed by atoms with Gasteiger partial charge in [-0.05, 0) is 25.7 Å². The van der Waals surface area contributed by atoms with E-state index in [4.69, 9.17) is 9.84 Å². The number of likely N-dealkylation sites (tertiary alicyclic amines) is 1. The molecule has 1 rings (SSSR count). The van der Waals surface area contributed by atoms with Crippen LogP contribution in [0.15, 0.2) is 0 Å². The Bertz CT molecular complexity index is 184. The van der Waals surface area contributed by atoms with Gasteiger partial charge in [-0.1, -0.05) is 0 Å². The van der Waals surface area contributed by atoms with Crippen LogP contribution in [0.5, 0.6) is 0 Å². The first kappa shape index (κ1) is 11.5. The molecule has 0 bridgehead atoms. The molecule has 1 amide bonds. The van der Waals surface area contributed by atoms with Gasteiger partial charge in [-0.2, -0.15) is 0 Å². The van der Waals surface area contributed by atoms with Gasteiger partial charge in [0.05, 0.1) is 0 Å². The Hall–Kier alpha value is -0.610. The van der Waals surface area contributed by atoms with Gasteiger partial charge in [0.1, 0.15) is 6.61 Å². The minimum Gasteiger partial charge on any atom is -0.396 e. The van der Waals surface area contributed by atoms with E-state index in [0.717, 1.165) is 25.9 Å². The topological polar surface area (TPSA) is 49.8 Å². The van der Waals surface area contributed by atoms with Crippen LogP contribution in [0.1, 0.15) is 19.8 Å². The van der Waals surface area contributed by atoms with Gasteiger partial charge in [0.15, 0.2) is 0 Å². The molecule has 1 atom stereocenters. The van der Waals surface area contributed by atoms with E-state index in [-0.39, 0.29) is 19.1 Å². The summed E-state index contributed by atoms with van der Waals surface area (Å²) in [6.45, 7) is 4.48. The third kappa shape index (κ3) is 3.27. The zero-order chi connectivity index (χ0) is 10.4.